The van der Waals surface area contributed by atoms with Gasteiger partial charge in [0.25, 0.3) is 0 Å². The highest BCUT2D eigenvalue weighted by atomic mass is 32.2. The molecule has 9 heteroatoms. The zero-order valence-corrected chi connectivity index (χ0v) is 16.0. The molecule has 2 N–H and O–H groups in total. The first kappa shape index (κ1) is 19.5. The molecule has 0 bridgehead atoms. The monoisotopic (exact) mass is 366 g/mol. The summed E-state index contributed by atoms with van der Waals surface area (Å²) in [6.07, 6.45) is 1.76. The van der Waals surface area contributed by atoms with Gasteiger partial charge in [0, 0.05) is 26.1 Å². The van der Waals surface area contributed by atoms with E-state index in [-0.39, 0.29) is 11.8 Å². The smallest absolute Gasteiger partial charge is 0.222 e. The van der Waals surface area contributed by atoms with Crippen LogP contribution in [-0.4, -0.2) is 58.2 Å². The number of carbonyl (C=O) groups is 1. The molecule has 1 amide bonds. The van der Waals surface area contributed by atoms with E-state index in [0.717, 1.165) is 22.6 Å². The standard InChI is InChI=1S/C16H26N6O2S/c1-5-25-16-20-13(17-7-9-24-4)12-10-19-22(14(12)21-16)8-6-18-15(23)11(2)3/h10-11H,5-9H2,1-4H3,(H,18,23)(H,17,20,21). The van der Waals surface area contributed by atoms with Gasteiger partial charge in [-0.25, -0.2) is 14.6 Å². The number of ether oxygens (including phenoxy) is 1. The molecule has 138 valence electrons. The van der Waals surface area contributed by atoms with Crippen molar-refractivity contribution in [3.05, 3.63) is 6.20 Å². The zero-order valence-electron chi connectivity index (χ0n) is 15.2. The molecule has 0 fully saturated rings. The molecule has 2 rings (SSSR count). The molecule has 0 unspecified atom stereocenters. The third kappa shape index (κ3) is 5.30. The Morgan fingerprint density at radius 1 is 1.36 bits per heavy atom. The first-order valence-corrected chi connectivity index (χ1v) is 9.42. The van der Waals surface area contributed by atoms with E-state index in [1.807, 2.05) is 13.8 Å². The lowest BCUT2D eigenvalue weighted by atomic mass is 10.2. The van der Waals surface area contributed by atoms with Crippen molar-refractivity contribution in [2.45, 2.75) is 32.5 Å². The van der Waals surface area contributed by atoms with Gasteiger partial charge in [0.15, 0.2) is 10.8 Å². The van der Waals surface area contributed by atoms with Crippen LogP contribution in [0.25, 0.3) is 11.0 Å². The van der Waals surface area contributed by atoms with Crippen LogP contribution >= 0.6 is 11.8 Å². The van der Waals surface area contributed by atoms with E-state index in [9.17, 15) is 4.79 Å². The number of nitrogens with zero attached hydrogens (tertiary/aromatic N) is 4. The van der Waals surface area contributed by atoms with Crippen LogP contribution in [0.5, 0.6) is 0 Å². The van der Waals surface area contributed by atoms with Crippen LogP contribution in [0.4, 0.5) is 5.82 Å². The maximum Gasteiger partial charge on any atom is 0.222 e. The molecule has 2 aromatic heterocycles. The van der Waals surface area contributed by atoms with E-state index in [4.69, 9.17) is 4.74 Å². The van der Waals surface area contributed by atoms with E-state index in [1.54, 1.807) is 29.8 Å². The lowest BCUT2D eigenvalue weighted by molar-refractivity contribution is -0.124. The summed E-state index contributed by atoms with van der Waals surface area (Å²) in [6.45, 7) is 8.14. The number of nitrogens with one attached hydrogen (secondary N) is 2. The van der Waals surface area contributed by atoms with E-state index < -0.39 is 0 Å². The molecule has 25 heavy (non-hydrogen) atoms. The van der Waals surface area contributed by atoms with Gasteiger partial charge in [0.2, 0.25) is 5.91 Å². The van der Waals surface area contributed by atoms with Gasteiger partial charge in [-0.05, 0) is 5.75 Å². The number of amides is 1. The molecular formula is C16H26N6O2S. The van der Waals surface area contributed by atoms with Gasteiger partial charge < -0.3 is 15.4 Å². The van der Waals surface area contributed by atoms with Gasteiger partial charge >= 0.3 is 0 Å². The third-order valence-electron chi connectivity index (χ3n) is 3.50. The van der Waals surface area contributed by atoms with Gasteiger partial charge in [-0.15, -0.1) is 0 Å². The predicted molar refractivity (Wildman–Crippen MR) is 99.9 cm³/mol. The minimum absolute atomic E-state index is 0.0270. The molecular weight excluding hydrogens is 340 g/mol. The SMILES string of the molecule is CCSc1nc(NCCOC)c2cnn(CCNC(=O)C(C)C)c2n1. The van der Waals surface area contributed by atoms with Gasteiger partial charge in [-0.3, -0.25) is 4.79 Å². The second-order valence-electron chi connectivity index (χ2n) is 5.76. The Labute approximate surface area is 152 Å². The lowest BCUT2D eigenvalue weighted by Crippen LogP contribution is -2.30. The second kappa shape index (κ2) is 9.57. The van der Waals surface area contributed by atoms with Crippen molar-refractivity contribution in [3.8, 4) is 0 Å². The van der Waals surface area contributed by atoms with Crippen molar-refractivity contribution in [1.29, 1.82) is 0 Å². The molecule has 8 nitrogen and oxygen atoms in total. The maximum absolute atomic E-state index is 11.7. The number of fused-ring (bicyclic) bond motifs is 1. The van der Waals surface area contributed by atoms with Crippen LogP contribution < -0.4 is 10.6 Å². The Morgan fingerprint density at radius 3 is 2.84 bits per heavy atom. The highest BCUT2D eigenvalue weighted by Gasteiger charge is 2.13. The number of methoxy groups -OCH3 is 1. The minimum atomic E-state index is -0.0270. The molecule has 0 aromatic carbocycles. The lowest BCUT2D eigenvalue weighted by Gasteiger charge is -2.10. The fraction of sp³-hybridized carbons (Fsp3) is 0.625. The third-order valence-corrected chi connectivity index (χ3v) is 4.22. The highest BCUT2D eigenvalue weighted by Crippen LogP contribution is 2.24. The highest BCUT2D eigenvalue weighted by molar-refractivity contribution is 7.99. The van der Waals surface area contributed by atoms with Crippen LogP contribution in [0.2, 0.25) is 0 Å². The van der Waals surface area contributed by atoms with Crippen molar-refractivity contribution in [2.24, 2.45) is 5.92 Å². The molecule has 0 saturated carbocycles. The summed E-state index contributed by atoms with van der Waals surface area (Å²) in [5.41, 5.74) is 0.768. The summed E-state index contributed by atoms with van der Waals surface area (Å²) in [5, 5.41) is 12.2. The maximum atomic E-state index is 11.7. The average molecular weight is 366 g/mol. The van der Waals surface area contributed by atoms with E-state index in [1.165, 1.54) is 0 Å². The average Bonchev–Trinajstić information content (AvgIpc) is 2.98. The quantitative estimate of drug-likeness (QED) is 0.376. The van der Waals surface area contributed by atoms with E-state index in [2.05, 4.69) is 32.6 Å². The number of anilines is 1. The van der Waals surface area contributed by atoms with Crippen molar-refractivity contribution in [1.82, 2.24) is 25.1 Å². The molecule has 0 aliphatic heterocycles. The summed E-state index contributed by atoms with van der Waals surface area (Å²) in [5.74, 6) is 1.66. The van der Waals surface area contributed by atoms with Crippen LogP contribution in [0.3, 0.4) is 0 Å². The Kier molecular flexibility index (Phi) is 7.45. The Morgan fingerprint density at radius 2 is 2.16 bits per heavy atom. The molecule has 0 aliphatic carbocycles. The summed E-state index contributed by atoms with van der Waals surface area (Å²) >= 11 is 1.58. The van der Waals surface area contributed by atoms with Crippen molar-refractivity contribution in [3.63, 3.8) is 0 Å². The van der Waals surface area contributed by atoms with Crippen molar-refractivity contribution >= 4 is 34.5 Å². The number of hydrogen-bond donors (Lipinski definition) is 2. The normalized spacial score (nSPS) is 11.2. The number of rotatable bonds is 10. The topological polar surface area (TPSA) is 94.0 Å². The molecule has 0 saturated heterocycles. The van der Waals surface area contributed by atoms with Gasteiger partial charge in [0.05, 0.1) is 24.7 Å². The fourth-order valence-electron chi connectivity index (χ4n) is 2.19. The number of carbonyl (C=O) groups excluding carboxylic acids is 1. The summed E-state index contributed by atoms with van der Waals surface area (Å²) in [7, 11) is 1.67. The largest absolute Gasteiger partial charge is 0.383 e. The minimum Gasteiger partial charge on any atom is -0.383 e. The molecule has 0 atom stereocenters. The van der Waals surface area contributed by atoms with Gasteiger partial charge in [-0.1, -0.05) is 32.5 Å². The molecule has 2 heterocycles. The van der Waals surface area contributed by atoms with Gasteiger partial charge in [-0.2, -0.15) is 5.10 Å². The number of aromatic nitrogens is 4. The van der Waals surface area contributed by atoms with Crippen LogP contribution in [0.15, 0.2) is 11.4 Å². The van der Waals surface area contributed by atoms with Crippen LogP contribution in [-0.2, 0) is 16.1 Å². The zero-order chi connectivity index (χ0) is 18.2. The summed E-state index contributed by atoms with van der Waals surface area (Å²) in [4.78, 5) is 20.9. The molecule has 0 radical (unpaired) electrons. The van der Waals surface area contributed by atoms with Crippen LogP contribution in [0, 0.1) is 5.92 Å². The Hall–Kier alpha value is -1.87. The number of hydrogen-bond acceptors (Lipinski definition) is 7. The first-order valence-electron chi connectivity index (χ1n) is 8.43. The molecule has 0 aliphatic rings. The molecule has 2 aromatic rings. The number of thioether (sulfide) groups is 1. The van der Waals surface area contributed by atoms with Crippen molar-refractivity contribution < 1.29 is 9.53 Å². The summed E-state index contributed by atoms with van der Waals surface area (Å²) < 4.78 is 6.89. The fourth-order valence-corrected chi connectivity index (χ4v) is 2.75. The first-order chi connectivity index (χ1) is 12.1. The van der Waals surface area contributed by atoms with E-state index in [0.29, 0.717) is 31.4 Å². The van der Waals surface area contributed by atoms with Gasteiger partial charge in [0.1, 0.15) is 5.82 Å². The van der Waals surface area contributed by atoms with Crippen LogP contribution in [0.1, 0.15) is 20.8 Å². The summed E-state index contributed by atoms with van der Waals surface area (Å²) in [6, 6.07) is 0. The predicted octanol–water partition coefficient (Wildman–Crippen LogP) is 1.77. The van der Waals surface area contributed by atoms with E-state index >= 15 is 0 Å². The molecule has 0 spiro atoms. The Balaban J connectivity index is 2.19. The Bertz CT molecular complexity index is 703. The second-order valence-corrected chi connectivity index (χ2v) is 6.99. The van der Waals surface area contributed by atoms with Crippen molar-refractivity contribution in [2.75, 3.05) is 37.9 Å².